The van der Waals surface area contributed by atoms with Crippen molar-refractivity contribution in [1.82, 2.24) is 4.98 Å². The van der Waals surface area contributed by atoms with E-state index in [9.17, 15) is 18.0 Å². The Hall–Kier alpha value is -1.46. The molecule has 0 bridgehead atoms. The lowest BCUT2D eigenvalue weighted by atomic mass is 9.99. The van der Waals surface area contributed by atoms with Gasteiger partial charge in [-0.05, 0) is 24.8 Å². The number of carbonyl (C=O) groups is 1. The number of alkyl halides is 3. The molecule has 0 aliphatic carbocycles. The second kappa shape index (κ2) is 6.12. The molecular formula is C13H18F3NO2. The molecule has 1 rings (SSSR count). The highest BCUT2D eigenvalue weighted by Crippen LogP contribution is 2.28. The molecule has 0 amide bonds. The van der Waals surface area contributed by atoms with Crippen LogP contribution in [0.4, 0.5) is 13.2 Å². The van der Waals surface area contributed by atoms with Gasteiger partial charge in [0.2, 0.25) is 0 Å². The number of hydrogen-bond acceptors (Lipinski definition) is 2. The van der Waals surface area contributed by atoms with Crippen LogP contribution in [0.5, 0.6) is 0 Å². The molecule has 0 aromatic carbocycles. The Labute approximate surface area is 110 Å². The van der Waals surface area contributed by atoms with Gasteiger partial charge in [-0.2, -0.15) is 13.2 Å². The first-order chi connectivity index (χ1) is 8.76. The number of aromatic amines is 1. The van der Waals surface area contributed by atoms with Gasteiger partial charge in [-0.25, -0.2) is 4.79 Å². The second-order valence-electron chi connectivity index (χ2n) is 4.58. The number of aromatic nitrogens is 1. The molecular weight excluding hydrogens is 259 g/mol. The van der Waals surface area contributed by atoms with Gasteiger partial charge in [0.15, 0.2) is 0 Å². The normalized spacial score (nSPS) is 11.9. The molecule has 0 spiro atoms. The monoisotopic (exact) mass is 277 g/mol. The maximum Gasteiger partial charge on any atom is 0.389 e. The van der Waals surface area contributed by atoms with Crippen LogP contribution in [0.2, 0.25) is 0 Å². The molecule has 1 heterocycles. The maximum absolute atomic E-state index is 12.3. The Morgan fingerprint density at radius 3 is 2.53 bits per heavy atom. The molecule has 0 atom stereocenters. The third-order valence-corrected chi connectivity index (χ3v) is 2.75. The third-order valence-electron chi connectivity index (χ3n) is 2.75. The fourth-order valence-corrected chi connectivity index (χ4v) is 1.91. The molecule has 0 unspecified atom stereocenters. The van der Waals surface area contributed by atoms with E-state index in [2.05, 4.69) is 4.98 Å². The van der Waals surface area contributed by atoms with E-state index < -0.39 is 18.6 Å². The van der Waals surface area contributed by atoms with Crippen LogP contribution in [0.15, 0.2) is 6.20 Å². The Kier molecular flexibility index (Phi) is 5.03. The zero-order chi connectivity index (χ0) is 14.6. The largest absolute Gasteiger partial charge is 0.462 e. The molecule has 19 heavy (non-hydrogen) atoms. The van der Waals surface area contributed by atoms with Crippen molar-refractivity contribution in [2.45, 2.75) is 45.7 Å². The molecule has 0 fully saturated rings. The Bertz CT molecular complexity index is 436. The molecule has 3 nitrogen and oxygen atoms in total. The van der Waals surface area contributed by atoms with Gasteiger partial charge in [-0.3, -0.25) is 0 Å². The van der Waals surface area contributed by atoms with Crippen LogP contribution in [0.1, 0.15) is 54.7 Å². The molecule has 1 N–H and O–H groups in total. The van der Waals surface area contributed by atoms with Crippen LogP contribution in [0, 0.1) is 0 Å². The van der Waals surface area contributed by atoms with Crippen LogP contribution < -0.4 is 0 Å². The summed E-state index contributed by atoms with van der Waals surface area (Å²) in [4.78, 5) is 14.6. The molecule has 0 radical (unpaired) electrons. The van der Waals surface area contributed by atoms with Gasteiger partial charge in [0, 0.05) is 18.3 Å². The minimum atomic E-state index is -4.24. The maximum atomic E-state index is 12.3. The summed E-state index contributed by atoms with van der Waals surface area (Å²) in [6.45, 7) is 5.57. The van der Waals surface area contributed by atoms with Crippen molar-refractivity contribution in [2.75, 3.05) is 6.61 Å². The lowest BCUT2D eigenvalue weighted by Crippen LogP contribution is -2.12. The highest BCUT2D eigenvalue weighted by atomic mass is 19.4. The van der Waals surface area contributed by atoms with E-state index in [4.69, 9.17) is 4.74 Å². The van der Waals surface area contributed by atoms with E-state index in [0.717, 1.165) is 0 Å². The Balaban J connectivity index is 3.01. The second-order valence-corrected chi connectivity index (χ2v) is 4.58. The summed E-state index contributed by atoms with van der Waals surface area (Å²) >= 11 is 0. The van der Waals surface area contributed by atoms with Crippen LogP contribution in [0.25, 0.3) is 0 Å². The standard InChI is InChI=1S/C13H18F3NO2/c1-4-19-12(18)10-7-17-11(8(2)3)9(10)5-6-13(14,15)16/h7-8,17H,4-6H2,1-3H3. The fourth-order valence-electron chi connectivity index (χ4n) is 1.91. The van der Waals surface area contributed by atoms with Gasteiger partial charge in [-0.15, -0.1) is 0 Å². The van der Waals surface area contributed by atoms with Crippen molar-refractivity contribution in [1.29, 1.82) is 0 Å². The summed E-state index contributed by atoms with van der Waals surface area (Å²) < 4.78 is 41.9. The zero-order valence-electron chi connectivity index (χ0n) is 11.2. The first-order valence-electron chi connectivity index (χ1n) is 6.20. The topological polar surface area (TPSA) is 42.1 Å². The summed E-state index contributed by atoms with van der Waals surface area (Å²) in [6, 6.07) is 0. The van der Waals surface area contributed by atoms with Gasteiger partial charge in [0.25, 0.3) is 0 Å². The van der Waals surface area contributed by atoms with E-state index in [1.54, 1.807) is 6.92 Å². The average Bonchev–Trinajstić information content (AvgIpc) is 2.69. The molecule has 108 valence electrons. The first kappa shape index (κ1) is 15.6. The number of esters is 1. The fraction of sp³-hybridized carbons (Fsp3) is 0.615. The highest BCUT2D eigenvalue weighted by molar-refractivity contribution is 5.91. The van der Waals surface area contributed by atoms with Crippen molar-refractivity contribution in [3.63, 3.8) is 0 Å². The summed E-state index contributed by atoms with van der Waals surface area (Å²) in [6.07, 6.45) is -3.97. The van der Waals surface area contributed by atoms with Crippen LogP contribution >= 0.6 is 0 Å². The first-order valence-corrected chi connectivity index (χ1v) is 6.20. The number of nitrogens with one attached hydrogen (secondary N) is 1. The van der Waals surface area contributed by atoms with E-state index >= 15 is 0 Å². The van der Waals surface area contributed by atoms with Crippen molar-refractivity contribution < 1.29 is 22.7 Å². The van der Waals surface area contributed by atoms with Crippen LogP contribution in [0.3, 0.4) is 0 Å². The molecule has 1 aromatic heterocycles. The highest BCUT2D eigenvalue weighted by Gasteiger charge is 2.29. The van der Waals surface area contributed by atoms with Crippen LogP contribution in [-0.2, 0) is 11.2 Å². The lowest BCUT2D eigenvalue weighted by Gasteiger charge is -2.11. The molecule has 0 saturated carbocycles. The zero-order valence-corrected chi connectivity index (χ0v) is 11.2. The number of H-pyrrole nitrogens is 1. The van der Waals surface area contributed by atoms with E-state index in [1.165, 1.54) is 6.20 Å². The molecule has 1 aromatic rings. The van der Waals surface area contributed by atoms with Gasteiger partial charge >= 0.3 is 12.1 Å². The third kappa shape index (κ3) is 4.29. The summed E-state index contributed by atoms with van der Waals surface area (Å²) in [7, 11) is 0. The number of ether oxygens (including phenoxy) is 1. The Morgan fingerprint density at radius 1 is 1.42 bits per heavy atom. The molecule has 0 saturated heterocycles. The Morgan fingerprint density at radius 2 is 2.05 bits per heavy atom. The van der Waals surface area contributed by atoms with Gasteiger partial charge < -0.3 is 9.72 Å². The summed E-state index contributed by atoms with van der Waals surface area (Å²) in [5, 5.41) is 0. The van der Waals surface area contributed by atoms with Crippen molar-refractivity contribution in [3.8, 4) is 0 Å². The minimum Gasteiger partial charge on any atom is -0.462 e. The van der Waals surface area contributed by atoms with E-state index in [0.29, 0.717) is 11.3 Å². The number of rotatable bonds is 5. The van der Waals surface area contributed by atoms with E-state index in [-0.39, 0.29) is 24.5 Å². The van der Waals surface area contributed by atoms with Gasteiger partial charge in [-0.1, -0.05) is 13.8 Å². The average molecular weight is 277 g/mol. The molecule has 0 aliphatic heterocycles. The van der Waals surface area contributed by atoms with Crippen LogP contribution in [-0.4, -0.2) is 23.7 Å². The predicted octanol–water partition coefficient (Wildman–Crippen LogP) is 3.81. The quantitative estimate of drug-likeness (QED) is 0.831. The van der Waals surface area contributed by atoms with Crippen molar-refractivity contribution in [2.24, 2.45) is 0 Å². The minimum absolute atomic E-state index is 0.0198. The predicted molar refractivity (Wildman–Crippen MR) is 65.2 cm³/mol. The van der Waals surface area contributed by atoms with Crippen molar-refractivity contribution >= 4 is 5.97 Å². The SMILES string of the molecule is CCOC(=O)c1c[nH]c(C(C)C)c1CCC(F)(F)F. The lowest BCUT2D eigenvalue weighted by molar-refractivity contribution is -0.134. The summed E-state index contributed by atoms with van der Waals surface area (Å²) in [5.74, 6) is -0.561. The number of carbonyl (C=O) groups excluding carboxylic acids is 1. The molecule has 0 aliphatic rings. The van der Waals surface area contributed by atoms with Crippen molar-refractivity contribution in [3.05, 3.63) is 23.0 Å². The van der Waals surface area contributed by atoms with Gasteiger partial charge in [0.1, 0.15) is 0 Å². The number of halogens is 3. The van der Waals surface area contributed by atoms with E-state index in [1.807, 2.05) is 13.8 Å². The summed E-state index contributed by atoms with van der Waals surface area (Å²) in [5.41, 5.74) is 1.27. The number of hydrogen-bond donors (Lipinski definition) is 1. The molecule has 6 heteroatoms. The smallest absolute Gasteiger partial charge is 0.389 e. The van der Waals surface area contributed by atoms with Gasteiger partial charge in [0.05, 0.1) is 12.2 Å².